The molecule has 1 N–H and O–H groups in total. The van der Waals surface area contributed by atoms with Crippen LogP contribution in [0.25, 0.3) is 0 Å². The Kier molecular flexibility index (Phi) is 6.46. The zero-order valence-electron chi connectivity index (χ0n) is 13.1. The zero-order valence-corrected chi connectivity index (χ0v) is 13.9. The van der Waals surface area contributed by atoms with E-state index < -0.39 is 21.7 Å². The van der Waals surface area contributed by atoms with Crippen LogP contribution in [0, 0.1) is 17.6 Å². The molecule has 1 aliphatic heterocycles. The van der Waals surface area contributed by atoms with Gasteiger partial charge in [0.05, 0.1) is 11.5 Å². The highest BCUT2D eigenvalue weighted by Crippen LogP contribution is 2.18. The van der Waals surface area contributed by atoms with Crippen LogP contribution in [0.4, 0.5) is 8.78 Å². The highest BCUT2D eigenvalue weighted by Gasteiger charge is 2.22. The number of nitrogens with zero attached hydrogens (tertiary/aromatic N) is 1. The van der Waals surface area contributed by atoms with Gasteiger partial charge in [-0.1, -0.05) is 0 Å². The molecule has 5 nitrogen and oxygen atoms in total. The molecule has 1 fully saturated rings. The van der Waals surface area contributed by atoms with Crippen LogP contribution in [0.1, 0.15) is 12.8 Å². The molecule has 23 heavy (non-hydrogen) atoms. The van der Waals surface area contributed by atoms with E-state index in [2.05, 4.69) is 9.62 Å². The van der Waals surface area contributed by atoms with Crippen LogP contribution in [0.15, 0.2) is 23.1 Å². The second-order valence-corrected chi connectivity index (χ2v) is 7.47. The quantitative estimate of drug-likeness (QED) is 0.813. The lowest BCUT2D eigenvalue weighted by atomic mass is 9.97. The van der Waals surface area contributed by atoms with E-state index in [0.29, 0.717) is 19.2 Å². The molecule has 0 radical (unpaired) electrons. The summed E-state index contributed by atoms with van der Waals surface area (Å²) < 4.78 is 57.8. The molecular weight excluding hydrogens is 326 g/mol. The average molecular weight is 348 g/mol. The van der Waals surface area contributed by atoms with E-state index in [9.17, 15) is 17.2 Å². The van der Waals surface area contributed by atoms with Crippen molar-refractivity contribution < 1.29 is 21.9 Å². The van der Waals surface area contributed by atoms with Crippen molar-refractivity contribution in [3.05, 3.63) is 29.8 Å². The summed E-state index contributed by atoms with van der Waals surface area (Å²) in [7, 11) is -2.15. The summed E-state index contributed by atoms with van der Waals surface area (Å²) in [5.41, 5.74) is 0. The fraction of sp³-hybridized carbons (Fsp3) is 0.600. The van der Waals surface area contributed by atoms with Gasteiger partial charge in [0.1, 0.15) is 0 Å². The number of halogens is 2. The first-order chi connectivity index (χ1) is 10.9. The number of rotatable bonds is 7. The van der Waals surface area contributed by atoms with Gasteiger partial charge in [-0.2, -0.15) is 0 Å². The molecule has 1 aliphatic rings. The van der Waals surface area contributed by atoms with Crippen molar-refractivity contribution in [2.75, 3.05) is 39.9 Å². The first-order valence-electron chi connectivity index (χ1n) is 7.58. The van der Waals surface area contributed by atoms with Gasteiger partial charge < -0.3 is 9.64 Å². The molecule has 0 aliphatic carbocycles. The predicted molar refractivity (Wildman–Crippen MR) is 82.6 cm³/mol. The van der Waals surface area contributed by atoms with E-state index in [0.717, 1.165) is 44.6 Å². The highest BCUT2D eigenvalue weighted by atomic mass is 32.2. The van der Waals surface area contributed by atoms with E-state index in [4.69, 9.17) is 4.74 Å². The molecular formula is C15H22F2N2O3S. The summed E-state index contributed by atoms with van der Waals surface area (Å²) in [6.07, 6.45) is 1.79. The third-order valence-corrected chi connectivity index (χ3v) is 5.50. The molecule has 0 unspecified atom stereocenters. The molecule has 0 aromatic heterocycles. The second kappa shape index (κ2) is 8.14. The molecule has 0 bridgehead atoms. The zero-order chi connectivity index (χ0) is 16.9. The Morgan fingerprint density at radius 2 is 1.96 bits per heavy atom. The molecule has 2 rings (SSSR count). The first kappa shape index (κ1) is 18.3. The molecule has 1 aromatic carbocycles. The molecule has 0 spiro atoms. The number of likely N-dealkylation sites (tertiary alicyclic amines) is 1. The molecule has 1 saturated heterocycles. The van der Waals surface area contributed by atoms with E-state index in [1.54, 1.807) is 7.11 Å². The Labute approximate surface area is 135 Å². The third-order valence-electron chi connectivity index (χ3n) is 4.08. The Bertz CT molecular complexity index is 617. The van der Waals surface area contributed by atoms with Gasteiger partial charge in [0.25, 0.3) is 0 Å². The third kappa shape index (κ3) is 5.20. The van der Waals surface area contributed by atoms with Crippen LogP contribution in [-0.4, -0.2) is 53.2 Å². The van der Waals surface area contributed by atoms with Gasteiger partial charge >= 0.3 is 0 Å². The lowest BCUT2D eigenvalue weighted by Crippen LogP contribution is -2.39. The van der Waals surface area contributed by atoms with Crippen molar-refractivity contribution in [3.63, 3.8) is 0 Å². The Balaban J connectivity index is 1.84. The fourth-order valence-electron chi connectivity index (χ4n) is 2.59. The number of ether oxygens (including phenoxy) is 1. The lowest BCUT2D eigenvalue weighted by molar-refractivity contribution is 0.121. The van der Waals surface area contributed by atoms with Gasteiger partial charge in [-0.25, -0.2) is 21.9 Å². The summed E-state index contributed by atoms with van der Waals surface area (Å²) in [5, 5.41) is 0. The topological polar surface area (TPSA) is 58.6 Å². The predicted octanol–water partition coefficient (Wildman–Crippen LogP) is 1.60. The largest absolute Gasteiger partial charge is 0.383 e. The van der Waals surface area contributed by atoms with E-state index in [1.165, 1.54) is 0 Å². The van der Waals surface area contributed by atoms with Gasteiger partial charge in [-0.3, -0.25) is 0 Å². The first-order valence-corrected chi connectivity index (χ1v) is 9.06. The second-order valence-electron chi connectivity index (χ2n) is 5.71. The van der Waals surface area contributed by atoms with Crippen LogP contribution in [0.3, 0.4) is 0 Å². The number of piperidine rings is 1. The molecule has 130 valence electrons. The summed E-state index contributed by atoms with van der Waals surface area (Å²) in [6, 6.07) is 2.58. The van der Waals surface area contributed by atoms with E-state index in [-0.39, 0.29) is 10.8 Å². The summed E-state index contributed by atoms with van der Waals surface area (Å²) in [6.45, 7) is 3.68. The summed E-state index contributed by atoms with van der Waals surface area (Å²) >= 11 is 0. The SMILES string of the molecule is COCCN1CCC(CNS(=O)(=O)c2ccc(F)c(F)c2)CC1. The number of methoxy groups -OCH3 is 1. The smallest absolute Gasteiger partial charge is 0.240 e. The minimum absolute atomic E-state index is 0.244. The van der Waals surface area contributed by atoms with Gasteiger partial charge in [0.15, 0.2) is 11.6 Å². The molecule has 0 amide bonds. The van der Waals surface area contributed by atoms with Crippen molar-refractivity contribution in [1.82, 2.24) is 9.62 Å². The highest BCUT2D eigenvalue weighted by molar-refractivity contribution is 7.89. The van der Waals surface area contributed by atoms with Crippen molar-refractivity contribution in [1.29, 1.82) is 0 Å². The number of hydrogen-bond donors (Lipinski definition) is 1. The average Bonchev–Trinajstić information content (AvgIpc) is 2.54. The normalized spacial score (nSPS) is 17.5. The van der Waals surface area contributed by atoms with Crippen LogP contribution in [0.2, 0.25) is 0 Å². The standard InChI is InChI=1S/C15H22F2N2O3S/c1-22-9-8-19-6-4-12(5-7-19)11-18-23(20,21)13-2-3-14(16)15(17)10-13/h2-3,10,12,18H,4-9,11H2,1H3. The van der Waals surface area contributed by atoms with Crippen molar-refractivity contribution in [3.8, 4) is 0 Å². The number of sulfonamides is 1. The fourth-order valence-corrected chi connectivity index (χ4v) is 3.72. The van der Waals surface area contributed by atoms with Crippen molar-refractivity contribution in [2.24, 2.45) is 5.92 Å². The molecule has 1 heterocycles. The maximum absolute atomic E-state index is 13.2. The number of nitrogens with one attached hydrogen (secondary N) is 1. The molecule has 1 aromatic rings. The monoisotopic (exact) mass is 348 g/mol. The van der Waals surface area contributed by atoms with Crippen molar-refractivity contribution >= 4 is 10.0 Å². The van der Waals surface area contributed by atoms with Crippen LogP contribution in [-0.2, 0) is 14.8 Å². The van der Waals surface area contributed by atoms with Gasteiger partial charge in [-0.05, 0) is 50.0 Å². The van der Waals surface area contributed by atoms with Crippen LogP contribution < -0.4 is 4.72 Å². The maximum Gasteiger partial charge on any atom is 0.240 e. The van der Waals surface area contributed by atoms with Crippen molar-refractivity contribution in [2.45, 2.75) is 17.7 Å². The Morgan fingerprint density at radius 1 is 1.26 bits per heavy atom. The van der Waals surface area contributed by atoms with Crippen LogP contribution >= 0.6 is 0 Å². The molecule has 0 saturated carbocycles. The number of benzene rings is 1. The Morgan fingerprint density at radius 3 is 2.57 bits per heavy atom. The molecule has 8 heteroatoms. The summed E-state index contributed by atoms with van der Waals surface area (Å²) in [5.74, 6) is -1.99. The van der Waals surface area contributed by atoms with E-state index in [1.807, 2.05) is 0 Å². The minimum Gasteiger partial charge on any atom is -0.383 e. The Hall–Kier alpha value is -1.09. The minimum atomic E-state index is -3.82. The lowest BCUT2D eigenvalue weighted by Gasteiger charge is -2.31. The number of hydrogen-bond acceptors (Lipinski definition) is 4. The van der Waals surface area contributed by atoms with Gasteiger partial charge in [-0.15, -0.1) is 0 Å². The molecule has 0 atom stereocenters. The summed E-state index contributed by atoms with van der Waals surface area (Å²) in [4.78, 5) is 2.03. The van der Waals surface area contributed by atoms with Gasteiger partial charge in [0, 0.05) is 20.2 Å². The van der Waals surface area contributed by atoms with Gasteiger partial charge in [0.2, 0.25) is 10.0 Å². The van der Waals surface area contributed by atoms with Crippen LogP contribution in [0.5, 0.6) is 0 Å². The van der Waals surface area contributed by atoms with E-state index >= 15 is 0 Å². The maximum atomic E-state index is 13.2.